The summed E-state index contributed by atoms with van der Waals surface area (Å²) in [5, 5.41) is 3.14. The van der Waals surface area contributed by atoms with Crippen LogP contribution in [0.3, 0.4) is 0 Å². The molecule has 0 spiro atoms. The van der Waals surface area contributed by atoms with Crippen molar-refractivity contribution >= 4 is 0 Å². The van der Waals surface area contributed by atoms with Crippen LogP contribution in [0.4, 0.5) is 0 Å². The van der Waals surface area contributed by atoms with Gasteiger partial charge in [0.1, 0.15) is 0 Å². The van der Waals surface area contributed by atoms with Crippen LogP contribution in [0.1, 0.15) is 5.69 Å². The number of hydrogen-bond acceptors (Lipinski definition) is 4. The molecule has 0 radical (unpaired) electrons. The van der Waals surface area contributed by atoms with Crippen LogP contribution in [0, 0.1) is 0 Å². The Bertz CT molecular complexity index is 326. The van der Waals surface area contributed by atoms with Gasteiger partial charge in [-0.05, 0) is 14.1 Å². The highest BCUT2D eigenvalue weighted by Gasteiger charge is 2.18. The van der Waals surface area contributed by atoms with Crippen LogP contribution in [0.25, 0.3) is 0 Å². The largest absolute Gasteiger partial charge is 0.374 e. The summed E-state index contributed by atoms with van der Waals surface area (Å²) >= 11 is 0. The highest BCUT2D eigenvalue weighted by molar-refractivity contribution is 4.98. The smallest absolute Gasteiger partial charge is 0.0949 e. The van der Waals surface area contributed by atoms with Crippen molar-refractivity contribution < 1.29 is 4.74 Å². The number of morpholine rings is 1. The number of ether oxygens (including phenoxy) is 1. The average molecular weight is 224 g/mol. The number of nitrogens with one attached hydrogen (secondary N) is 1. The molecule has 1 atom stereocenters. The highest BCUT2D eigenvalue weighted by atomic mass is 16.5. The third kappa shape index (κ3) is 2.81. The zero-order valence-corrected chi connectivity index (χ0v) is 10.0. The van der Waals surface area contributed by atoms with E-state index in [9.17, 15) is 0 Å². The van der Waals surface area contributed by atoms with Crippen molar-refractivity contribution in [3.8, 4) is 0 Å². The fraction of sp³-hybridized carbons (Fsp3) is 0.727. The molecule has 5 heteroatoms. The second-order valence-corrected chi connectivity index (χ2v) is 4.32. The topological polar surface area (TPSA) is 42.3 Å². The van der Waals surface area contributed by atoms with Crippen LogP contribution < -0.4 is 5.32 Å². The molecular formula is C11H20N4O. The number of hydrogen-bond donors (Lipinski definition) is 1. The van der Waals surface area contributed by atoms with Crippen LogP contribution in [-0.2, 0) is 17.8 Å². The fourth-order valence-corrected chi connectivity index (χ4v) is 2.04. The zero-order chi connectivity index (χ0) is 11.4. The first-order chi connectivity index (χ1) is 7.79. The van der Waals surface area contributed by atoms with Crippen molar-refractivity contribution in [2.45, 2.75) is 19.2 Å². The van der Waals surface area contributed by atoms with Gasteiger partial charge in [0.15, 0.2) is 0 Å². The fourth-order valence-electron chi connectivity index (χ4n) is 2.04. The lowest BCUT2D eigenvalue weighted by Crippen LogP contribution is -2.42. The molecule has 0 saturated carbocycles. The van der Waals surface area contributed by atoms with Crippen molar-refractivity contribution in [1.29, 1.82) is 0 Å². The summed E-state index contributed by atoms with van der Waals surface area (Å²) in [6.45, 7) is 4.60. The van der Waals surface area contributed by atoms with Crippen molar-refractivity contribution in [2.75, 3.05) is 33.8 Å². The molecule has 5 nitrogen and oxygen atoms in total. The molecule has 1 N–H and O–H groups in total. The maximum Gasteiger partial charge on any atom is 0.0949 e. The normalized spacial score (nSPS) is 22.5. The summed E-state index contributed by atoms with van der Waals surface area (Å²) in [5.74, 6) is 0. The Morgan fingerprint density at radius 2 is 2.50 bits per heavy atom. The van der Waals surface area contributed by atoms with E-state index in [0.29, 0.717) is 0 Å². The summed E-state index contributed by atoms with van der Waals surface area (Å²) < 4.78 is 7.91. The van der Waals surface area contributed by atoms with E-state index in [1.807, 2.05) is 19.6 Å². The number of imidazole rings is 1. The van der Waals surface area contributed by atoms with E-state index in [1.54, 1.807) is 0 Å². The molecule has 90 valence electrons. The minimum atomic E-state index is 0.281. The van der Waals surface area contributed by atoms with Gasteiger partial charge >= 0.3 is 0 Å². The number of likely N-dealkylation sites (N-methyl/N-ethyl adjacent to an activating group) is 1. The maximum atomic E-state index is 5.74. The van der Waals surface area contributed by atoms with Gasteiger partial charge in [0.05, 0.1) is 31.3 Å². The first kappa shape index (κ1) is 11.6. The van der Waals surface area contributed by atoms with Gasteiger partial charge < -0.3 is 19.5 Å². The Hall–Kier alpha value is -0.910. The van der Waals surface area contributed by atoms with Crippen LogP contribution in [-0.4, -0.2) is 54.3 Å². The standard InChI is InChI=1S/C11H20N4O/c1-12-5-10-6-13-9-15(10)8-11-7-14(2)3-4-16-11/h6,9,11-12H,3-5,7-8H2,1-2H3. The molecule has 0 aliphatic carbocycles. The predicted octanol–water partition coefficient (Wildman–Crippen LogP) is -0.0669. The third-order valence-electron chi connectivity index (χ3n) is 2.90. The summed E-state index contributed by atoms with van der Waals surface area (Å²) in [6, 6.07) is 0. The van der Waals surface area contributed by atoms with Gasteiger partial charge in [0.2, 0.25) is 0 Å². The minimum absolute atomic E-state index is 0.281. The molecule has 1 fully saturated rings. The highest BCUT2D eigenvalue weighted by Crippen LogP contribution is 2.08. The Morgan fingerprint density at radius 3 is 3.25 bits per heavy atom. The number of aromatic nitrogens is 2. The molecule has 1 unspecified atom stereocenters. The van der Waals surface area contributed by atoms with Gasteiger partial charge in [0, 0.05) is 25.8 Å². The first-order valence-electron chi connectivity index (χ1n) is 5.73. The van der Waals surface area contributed by atoms with Crippen molar-refractivity contribution in [2.24, 2.45) is 0 Å². The quantitative estimate of drug-likeness (QED) is 0.777. The molecule has 1 aromatic rings. The number of nitrogens with zero attached hydrogens (tertiary/aromatic N) is 3. The van der Waals surface area contributed by atoms with Crippen molar-refractivity contribution in [3.63, 3.8) is 0 Å². The van der Waals surface area contributed by atoms with Crippen LogP contribution in [0.5, 0.6) is 0 Å². The van der Waals surface area contributed by atoms with E-state index in [1.165, 1.54) is 5.69 Å². The minimum Gasteiger partial charge on any atom is -0.374 e. The van der Waals surface area contributed by atoms with Crippen molar-refractivity contribution in [3.05, 3.63) is 18.2 Å². The van der Waals surface area contributed by atoms with E-state index in [-0.39, 0.29) is 6.10 Å². The summed E-state index contributed by atoms with van der Waals surface area (Å²) in [7, 11) is 4.08. The lowest BCUT2D eigenvalue weighted by atomic mass is 10.2. The molecule has 1 aliphatic rings. The molecule has 1 aromatic heterocycles. The summed E-state index contributed by atoms with van der Waals surface area (Å²) in [6.07, 6.45) is 4.07. The van der Waals surface area contributed by atoms with Crippen LogP contribution >= 0.6 is 0 Å². The van der Waals surface area contributed by atoms with E-state index in [2.05, 4.69) is 26.8 Å². The molecule has 0 bridgehead atoms. The Labute approximate surface area is 96.4 Å². The predicted molar refractivity (Wildman–Crippen MR) is 62.2 cm³/mol. The van der Waals surface area contributed by atoms with E-state index in [4.69, 9.17) is 4.74 Å². The lowest BCUT2D eigenvalue weighted by Gasteiger charge is -2.30. The molecule has 1 aliphatic heterocycles. The van der Waals surface area contributed by atoms with Gasteiger partial charge in [-0.15, -0.1) is 0 Å². The monoisotopic (exact) mass is 224 g/mol. The second-order valence-electron chi connectivity index (χ2n) is 4.32. The molecular weight excluding hydrogens is 204 g/mol. The first-order valence-corrected chi connectivity index (χ1v) is 5.73. The Kier molecular flexibility index (Phi) is 3.93. The van der Waals surface area contributed by atoms with Crippen LogP contribution in [0.2, 0.25) is 0 Å². The van der Waals surface area contributed by atoms with Gasteiger partial charge in [-0.25, -0.2) is 4.98 Å². The summed E-state index contributed by atoms with van der Waals surface area (Å²) in [4.78, 5) is 6.49. The van der Waals surface area contributed by atoms with Gasteiger partial charge in [0.25, 0.3) is 0 Å². The van der Waals surface area contributed by atoms with E-state index < -0.39 is 0 Å². The molecule has 0 aromatic carbocycles. The molecule has 2 rings (SSSR count). The van der Waals surface area contributed by atoms with Crippen molar-refractivity contribution in [1.82, 2.24) is 19.8 Å². The molecule has 1 saturated heterocycles. The van der Waals surface area contributed by atoms with Crippen LogP contribution in [0.15, 0.2) is 12.5 Å². The molecule has 0 amide bonds. The van der Waals surface area contributed by atoms with Gasteiger partial charge in [-0.3, -0.25) is 0 Å². The molecule has 16 heavy (non-hydrogen) atoms. The SMILES string of the molecule is CNCc1cncn1CC1CN(C)CCO1. The Balaban J connectivity index is 1.94. The third-order valence-corrected chi connectivity index (χ3v) is 2.90. The van der Waals surface area contributed by atoms with E-state index >= 15 is 0 Å². The zero-order valence-electron chi connectivity index (χ0n) is 10.0. The van der Waals surface area contributed by atoms with Gasteiger partial charge in [-0.1, -0.05) is 0 Å². The van der Waals surface area contributed by atoms with Gasteiger partial charge in [-0.2, -0.15) is 0 Å². The molecule has 2 heterocycles. The second kappa shape index (κ2) is 5.43. The lowest BCUT2D eigenvalue weighted by molar-refractivity contribution is -0.0278. The summed E-state index contributed by atoms with van der Waals surface area (Å²) in [5.41, 5.74) is 1.21. The Morgan fingerprint density at radius 1 is 1.62 bits per heavy atom. The maximum absolute atomic E-state index is 5.74. The van der Waals surface area contributed by atoms with E-state index in [0.717, 1.165) is 32.8 Å². The number of rotatable bonds is 4. The average Bonchev–Trinajstić information content (AvgIpc) is 2.66.